The molecule has 0 fully saturated rings. The Morgan fingerprint density at radius 2 is 2.07 bits per heavy atom. The maximum atomic E-state index is 11.6. The number of Topliss-reactive ketones (excluding diaryl/α,β-unsaturated/α-hetero) is 1. The molecule has 1 atom stereocenters. The summed E-state index contributed by atoms with van der Waals surface area (Å²) >= 11 is 17.4. The summed E-state index contributed by atoms with van der Waals surface area (Å²) < 4.78 is 0. The van der Waals surface area contributed by atoms with Gasteiger partial charge in [0.25, 0.3) is 0 Å². The van der Waals surface area contributed by atoms with Gasteiger partial charge in [-0.2, -0.15) is 0 Å². The Kier molecular flexibility index (Phi) is 4.24. The highest BCUT2D eigenvalue weighted by atomic mass is 35.5. The van der Waals surface area contributed by atoms with Gasteiger partial charge in [0.05, 0.1) is 10.4 Å². The Bertz CT molecular complexity index is 349. The summed E-state index contributed by atoms with van der Waals surface area (Å²) in [6, 6.07) is 4.76. The van der Waals surface area contributed by atoms with Crippen LogP contribution in [0.1, 0.15) is 23.7 Å². The van der Waals surface area contributed by atoms with E-state index in [0.29, 0.717) is 22.0 Å². The molecule has 1 aromatic rings. The van der Waals surface area contributed by atoms with Gasteiger partial charge in [-0.15, -0.1) is 11.6 Å². The normalized spacial score (nSPS) is 12.6. The number of hydrogen-bond donors (Lipinski definition) is 0. The van der Waals surface area contributed by atoms with Gasteiger partial charge >= 0.3 is 0 Å². The van der Waals surface area contributed by atoms with Crippen LogP contribution in [0.2, 0.25) is 10.0 Å². The highest BCUT2D eigenvalue weighted by Crippen LogP contribution is 2.23. The van der Waals surface area contributed by atoms with Gasteiger partial charge in [-0.25, -0.2) is 0 Å². The minimum atomic E-state index is -0.520. The van der Waals surface area contributed by atoms with Gasteiger partial charge in [0.15, 0.2) is 5.78 Å². The topological polar surface area (TPSA) is 17.1 Å². The van der Waals surface area contributed by atoms with Crippen LogP contribution in [0, 0.1) is 0 Å². The van der Waals surface area contributed by atoms with Crippen molar-refractivity contribution in [3.05, 3.63) is 33.8 Å². The minimum Gasteiger partial charge on any atom is -0.292 e. The Morgan fingerprint density at radius 3 is 2.57 bits per heavy atom. The molecular weight excluding hydrogens is 242 g/mol. The van der Waals surface area contributed by atoms with Crippen LogP contribution in [0.15, 0.2) is 18.2 Å². The summed E-state index contributed by atoms with van der Waals surface area (Å²) in [7, 11) is 0. The van der Waals surface area contributed by atoms with E-state index >= 15 is 0 Å². The average Bonchev–Trinajstić information content (AvgIpc) is 2.15. The van der Waals surface area contributed by atoms with Crippen molar-refractivity contribution >= 4 is 40.6 Å². The smallest absolute Gasteiger partial charge is 0.182 e. The number of ketones is 1. The minimum absolute atomic E-state index is 0.157. The lowest BCUT2D eigenvalue weighted by Crippen LogP contribution is -2.13. The van der Waals surface area contributed by atoms with Gasteiger partial charge in [-0.3, -0.25) is 4.79 Å². The third-order valence-electron chi connectivity index (χ3n) is 1.84. The molecule has 0 aliphatic heterocycles. The Balaban J connectivity index is 3.02. The Hall–Kier alpha value is -0.240. The van der Waals surface area contributed by atoms with Crippen molar-refractivity contribution in [3.8, 4) is 0 Å². The first-order valence-electron chi connectivity index (χ1n) is 4.19. The summed E-state index contributed by atoms with van der Waals surface area (Å²) in [4.78, 5) is 11.6. The zero-order chi connectivity index (χ0) is 10.7. The molecule has 0 radical (unpaired) electrons. The SMILES string of the molecule is CCC(Cl)C(=O)c1ccc(Cl)cc1Cl. The molecule has 1 rings (SSSR count). The highest BCUT2D eigenvalue weighted by molar-refractivity contribution is 6.40. The van der Waals surface area contributed by atoms with E-state index in [9.17, 15) is 4.79 Å². The average molecular weight is 252 g/mol. The highest BCUT2D eigenvalue weighted by Gasteiger charge is 2.17. The van der Waals surface area contributed by atoms with Crippen LogP contribution in [0.25, 0.3) is 0 Å². The lowest BCUT2D eigenvalue weighted by Gasteiger charge is -2.07. The molecule has 1 aromatic carbocycles. The van der Waals surface area contributed by atoms with Crippen LogP contribution in [-0.4, -0.2) is 11.2 Å². The van der Waals surface area contributed by atoms with E-state index in [-0.39, 0.29) is 5.78 Å². The van der Waals surface area contributed by atoms with Crippen LogP contribution < -0.4 is 0 Å². The standard InChI is InChI=1S/C10H9Cl3O/c1-2-8(12)10(14)7-4-3-6(11)5-9(7)13/h3-5,8H,2H2,1H3. The number of benzene rings is 1. The summed E-state index contributed by atoms with van der Waals surface area (Å²) in [5.41, 5.74) is 0.429. The predicted octanol–water partition coefficient (Wildman–Crippen LogP) is 4.19. The molecule has 1 unspecified atom stereocenters. The zero-order valence-electron chi connectivity index (χ0n) is 7.56. The van der Waals surface area contributed by atoms with Gasteiger partial charge in [-0.05, 0) is 24.6 Å². The fourth-order valence-corrected chi connectivity index (χ4v) is 1.66. The molecule has 0 spiro atoms. The van der Waals surface area contributed by atoms with E-state index in [2.05, 4.69) is 0 Å². The summed E-state index contributed by atoms with van der Waals surface area (Å²) in [6.45, 7) is 1.85. The van der Waals surface area contributed by atoms with Crippen LogP contribution in [-0.2, 0) is 0 Å². The molecule has 0 amide bonds. The second kappa shape index (κ2) is 5.01. The first kappa shape index (κ1) is 11.8. The van der Waals surface area contributed by atoms with E-state index < -0.39 is 5.38 Å². The van der Waals surface area contributed by atoms with Gasteiger partial charge in [-0.1, -0.05) is 30.1 Å². The van der Waals surface area contributed by atoms with Crippen molar-refractivity contribution in [2.45, 2.75) is 18.7 Å². The largest absolute Gasteiger partial charge is 0.292 e. The monoisotopic (exact) mass is 250 g/mol. The number of carbonyl (C=O) groups excluding carboxylic acids is 1. The second-order valence-corrected chi connectivity index (χ2v) is 4.23. The first-order valence-corrected chi connectivity index (χ1v) is 5.38. The van der Waals surface area contributed by atoms with E-state index in [1.165, 1.54) is 6.07 Å². The number of rotatable bonds is 3. The maximum Gasteiger partial charge on any atom is 0.182 e. The van der Waals surface area contributed by atoms with E-state index in [0.717, 1.165) is 0 Å². The van der Waals surface area contributed by atoms with Gasteiger partial charge in [0, 0.05) is 10.6 Å². The quantitative estimate of drug-likeness (QED) is 0.581. The van der Waals surface area contributed by atoms with Crippen LogP contribution >= 0.6 is 34.8 Å². The van der Waals surface area contributed by atoms with E-state index in [4.69, 9.17) is 34.8 Å². The summed E-state index contributed by atoms with van der Waals surface area (Å²) in [6.07, 6.45) is 0.583. The third kappa shape index (κ3) is 2.63. The fourth-order valence-electron chi connectivity index (χ4n) is 1.04. The van der Waals surface area contributed by atoms with Crippen LogP contribution in [0.5, 0.6) is 0 Å². The van der Waals surface area contributed by atoms with Crippen LogP contribution in [0.4, 0.5) is 0 Å². The molecule has 14 heavy (non-hydrogen) atoms. The summed E-state index contributed by atoms with van der Waals surface area (Å²) in [5.74, 6) is -0.157. The molecule has 0 saturated carbocycles. The lowest BCUT2D eigenvalue weighted by molar-refractivity contribution is 0.0986. The molecule has 0 heterocycles. The van der Waals surface area contributed by atoms with Crippen LogP contribution in [0.3, 0.4) is 0 Å². The number of hydrogen-bond acceptors (Lipinski definition) is 1. The van der Waals surface area contributed by atoms with Gasteiger partial charge in [0.2, 0.25) is 0 Å². The van der Waals surface area contributed by atoms with Crippen molar-refractivity contribution in [1.82, 2.24) is 0 Å². The molecule has 0 N–H and O–H groups in total. The fraction of sp³-hybridized carbons (Fsp3) is 0.300. The van der Waals surface area contributed by atoms with Crippen molar-refractivity contribution in [2.24, 2.45) is 0 Å². The predicted molar refractivity (Wildman–Crippen MR) is 60.7 cm³/mol. The molecular formula is C10H9Cl3O. The molecule has 0 aromatic heterocycles. The summed E-state index contributed by atoms with van der Waals surface area (Å²) in [5, 5.41) is 0.337. The molecule has 0 saturated heterocycles. The number of halogens is 3. The molecule has 0 aliphatic carbocycles. The van der Waals surface area contributed by atoms with Crippen molar-refractivity contribution < 1.29 is 4.79 Å². The number of carbonyl (C=O) groups is 1. The van der Waals surface area contributed by atoms with Crippen molar-refractivity contribution in [3.63, 3.8) is 0 Å². The van der Waals surface area contributed by atoms with E-state index in [1.54, 1.807) is 12.1 Å². The van der Waals surface area contributed by atoms with Crippen molar-refractivity contribution in [1.29, 1.82) is 0 Å². The second-order valence-electron chi connectivity index (χ2n) is 2.86. The van der Waals surface area contributed by atoms with E-state index in [1.807, 2.05) is 6.92 Å². The molecule has 0 aliphatic rings. The van der Waals surface area contributed by atoms with Gasteiger partial charge in [0.1, 0.15) is 0 Å². The molecule has 0 bridgehead atoms. The maximum absolute atomic E-state index is 11.6. The number of alkyl halides is 1. The first-order chi connectivity index (χ1) is 6.56. The zero-order valence-corrected chi connectivity index (χ0v) is 9.83. The molecule has 1 nitrogen and oxygen atoms in total. The lowest BCUT2D eigenvalue weighted by atomic mass is 10.1. The van der Waals surface area contributed by atoms with Gasteiger partial charge < -0.3 is 0 Å². The Labute approximate surface area is 98.0 Å². The molecule has 76 valence electrons. The molecule has 4 heteroatoms. The Morgan fingerprint density at radius 1 is 1.43 bits per heavy atom. The van der Waals surface area contributed by atoms with Crippen molar-refractivity contribution in [2.75, 3.05) is 0 Å². The third-order valence-corrected chi connectivity index (χ3v) is 2.89.